The predicted molar refractivity (Wildman–Crippen MR) is 46.4 cm³/mol. The SMILES string of the molecule is CC(C)(C)N1Cc2[c]n[nH]c2C1. The Hall–Kier alpha value is -0.830. The molecule has 0 spiro atoms. The largest absolute Gasteiger partial charge is 0.288 e. The highest BCUT2D eigenvalue weighted by atomic mass is 15.2. The minimum atomic E-state index is 0.244. The minimum Gasteiger partial charge on any atom is -0.288 e. The molecule has 0 saturated heterocycles. The van der Waals surface area contributed by atoms with Gasteiger partial charge in [-0.05, 0) is 20.8 Å². The van der Waals surface area contributed by atoms with Crippen molar-refractivity contribution in [3.63, 3.8) is 0 Å². The number of hydrogen-bond acceptors (Lipinski definition) is 2. The van der Waals surface area contributed by atoms with Gasteiger partial charge in [0.25, 0.3) is 0 Å². The second-order valence-corrected chi connectivity index (χ2v) is 4.32. The third-order valence-electron chi connectivity index (χ3n) is 2.39. The van der Waals surface area contributed by atoms with Gasteiger partial charge in [-0.3, -0.25) is 10.00 Å². The number of nitrogens with zero attached hydrogens (tertiary/aromatic N) is 2. The second kappa shape index (κ2) is 2.33. The van der Waals surface area contributed by atoms with Crippen LogP contribution in [0.3, 0.4) is 0 Å². The van der Waals surface area contributed by atoms with Crippen molar-refractivity contribution in [1.82, 2.24) is 15.1 Å². The Balaban J connectivity index is 2.18. The number of hydrogen-bond donors (Lipinski definition) is 1. The summed E-state index contributed by atoms with van der Waals surface area (Å²) in [6, 6.07) is 0. The Labute approximate surface area is 72.8 Å². The van der Waals surface area contributed by atoms with Gasteiger partial charge in [-0.25, -0.2) is 0 Å². The van der Waals surface area contributed by atoms with E-state index >= 15 is 0 Å². The Bertz CT molecular complexity index is 262. The van der Waals surface area contributed by atoms with E-state index in [2.05, 4.69) is 42.1 Å². The summed E-state index contributed by atoms with van der Waals surface area (Å²) in [5.74, 6) is 0. The quantitative estimate of drug-likeness (QED) is 0.627. The van der Waals surface area contributed by atoms with Crippen LogP contribution in [0.25, 0.3) is 0 Å². The molecule has 12 heavy (non-hydrogen) atoms. The number of nitrogens with one attached hydrogen (secondary N) is 1. The zero-order valence-corrected chi connectivity index (χ0v) is 7.81. The highest BCUT2D eigenvalue weighted by Gasteiger charge is 2.29. The van der Waals surface area contributed by atoms with Crippen LogP contribution in [-0.4, -0.2) is 20.6 Å². The van der Waals surface area contributed by atoms with E-state index in [-0.39, 0.29) is 5.54 Å². The average molecular weight is 164 g/mol. The van der Waals surface area contributed by atoms with E-state index in [0.717, 1.165) is 13.1 Å². The van der Waals surface area contributed by atoms with E-state index in [9.17, 15) is 0 Å². The monoisotopic (exact) mass is 164 g/mol. The molecule has 0 bridgehead atoms. The molecule has 0 atom stereocenters. The van der Waals surface area contributed by atoms with Crippen LogP contribution in [0.4, 0.5) is 0 Å². The lowest BCUT2D eigenvalue weighted by atomic mass is 10.1. The Morgan fingerprint density at radius 1 is 1.42 bits per heavy atom. The zero-order valence-electron chi connectivity index (χ0n) is 7.81. The fourth-order valence-electron chi connectivity index (χ4n) is 1.47. The molecule has 0 fully saturated rings. The lowest BCUT2D eigenvalue weighted by Gasteiger charge is -2.31. The molecule has 0 saturated carbocycles. The number of aromatic nitrogens is 2. The molecule has 0 amide bonds. The topological polar surface area (TPSA) is 31.9 Å². The van der Waals surface area contributed by atoms with Gasteiger partial charge in [0, 0.05) is 24.2 Å². The first kappa shape index (κ1) is 7.80. The summed E-state index contributed by atoms with van der Waals surface area (Å²) in [4.78, 5) is 2.41. The number of H-pyrrole nitrogens is 1. The van der Waals surface area contributed by atoms with Crippen molar-refractivity contribution >= 4 is 0 Å². The third kappa shape index (κ3) is 1.14. The van der Waals surface area contributed by atoms with Crippen molar-refractivity contribution in [3.8, 4) is 0 Å². The zero-order chi connectivity index (χ0) is 8.77. The number of aromatic amines is 1. The lowest BCUT2D eigenvalue weighted by molar-refractivity contribution is 0.134. The normalized spacial score (nSPS) is 18.2. The van der Waals surface area contributed by atoms with Crippen LogP contribution in [0.2, 0.25) is 0 Å². The van der Waals surface area contributed by atoms with Crippen molar-refractivity contribution in [3.05, 3.63) is 17.5 Å². The Morgan fingerprint density at radius 3 is 2.75 bits per heavy atom. The van der Waals surface area contributed by atoms with Crippen LogP contribution < -0.4 is 0 Å². The van der Waals surface area contributed by atoms with Crippen LogP contribution in [0.1, 0.15) is 32.0 Å². The van der Waals surface area contributed by atoms with Crippen molar-refractivity contribution in [2.75, 3.05) is 0 Å². The molecule has 0 aromatic carbocycles. The third-order valence-corrected chi connectivity index (χ3v) is 2.39. The summed E-state index contributed by atoms with van der Waals surface area (Å²) in [6.45, 7) is 8.65. The van der Waals surface area contributed by atoms with Crippen molar-refractivity contribution in [2.45, 2.75) is 39.4 Å². The minimum absolute atomic E-state index is 0.244. The smallest absolute Gasteiger partial charge is 0.117 e. The Morgan fingerprint density at radius 2 is 2.17 bits per heavy atom. The molecule has 3 heteroatoms. The van der Waals surface area contributed by atoms with Gasteiger partial charge in [0.15, 0.2) is 0 Å². The van der Waals surface area contributed by atoms with Crippen LogP contribution >= 0.6 is 0 Å². The summed E-state index contributed by atoms with van der Waals surface area (Å²) in [7, 11) is 0. The maximum Gasteiger partial charge on any atom is 0.117 e. The molecule has 1 radical (unpaired) electrons. The Kier molecular flexibility index (Phi) is 1.51. The molecule has 1 aromatic heterocycles. The second-order valence-electron chi connectivity index (χ2n) is 4.32. The first-order valence-corrected chi connectivity index (χ1v) is 4.26. The van der Waals surface area contributed by atoms with Crippen molar-refractivity contribution in [2.24, 2.45) is 0 Å². The fraction of sp³-hybridized carbons (Fsp3) is 0.667. The molecular weight excluding hydrogens is 150 g/mol. The van der Waals surface area contributed by atoms with Gasteiger partial charge >= 0.3 is 0 Å². The summed E-state index contributed by atoms with van der Waals surface area (Å²) in [6.07, 6.45) is 2.97. The molecule has 3 nitrogen and oxygen atoms in total. The molecule has 0 unspecified atom stereocenters. The molecule has 1 aromatic rings. The molecule has 2 rings (SSSR count). The van der Waals surface area contributed by atoms with Crippen molar-refractivity contribution < 1.29 is 0 Å². The van der Waals surface area contributed by atoms with Crippen LogP contribution in [0, 0.1) is 6.20 Å². The molecule has 2 heterocycles. The van der Waals surface area contributed by atoms with Gasteiger partial charge in [-0.15, -0.1) is 0 Å². The summed E-state index contributed by atoms with van der Waals surface area (Å²) in [5.41, 5.74) is 2.70. The molecule has 0 aliphatic carbocycles. The summed E-state index contributed by atoms with van der Waals surface area (Å²) >= 11 is 0. The van der Waals surface area contributed by atoms with E-state index < -0.39 is 0 Å². The first-order chi connectivity index (χ1) is 5.57. The molecule has 1 N–H and O–H groups in total. The summed E-state index contributed by atoms with van der Waals surface area (Å²) < 4.78 is 0. The number of rotatable bonds is 0. The molecule has 1 aliphatic rings. The van der Waals surface area contributed by atoms with E-state index in [1.54, 1.807) is 0 Å². The van der Waals surface area contributed by atoms with Gasteiger partial charge in [0.05, 0.1) is 5.69 Å². The van der Waals surface area contributed by atoms with E-state index in [1.165, 1.54) is 11.3 Å². The molecule has 65 valence electrons. The van der Waals surface area contributed by atoms with Gasteiger partial charge in [-0.1, -0.05) is 0 Å². The van der Waals surface area contributed by atoms with Crippen LogP contribution in [0.15, 0.2) is 0 Å². The van der Waals surface area contributed by atoms with Gasteiger partial charge in [0.2, 0.25) is 0 Å². The summed E-state index contributed by atoms with van der Waals surface area (Å²) in [5, 5.41) is 6.86. The predicted octanol–water partition coefficient (Wildman–Crippen LogP) is 1.32. The maximum atomic E-state index is 3.88. The maximum absolute atomic E-state index is 3.88. The lowest BCUT2D eigenvalue weighted by Crippen LogP contribution is -2.37. The standard InChI is InChI=1S/C9H14N3/c1-9(2,3)12-5-7-4-10-11-8(7)6-12/h5-6H2,1-3H3,(H,10,11). The fourth-order valence-corrected chi connectivity index (χ4v) is 1.47. The van der Waals surface area contributed by atoms with Gasteiger partial charge in [0.1, 0.15) is 6.20 Å². The van der Waals surface area contributed by atoms with Crippen LogP contribution in [0.5, 0.6) is 0 Å². The first-order valence-electron chi connectivity index (χ1n) is 4.26. The highest BCUT2D eigenvalue weighted by Crippen LogP contribution is 2.26. The molecule has 1 aliphatic heterocycles. The van der Waals surface area contributed by atoms with Crippen molar-refractivity contribution in [1.29, 1.82) is 0 Å². The van der Waals surface area contributed by atoms with E-state index in [0.29, 0.717) is 0 Å². The van der Waals surface area contributed by atoms with E-state index in [4.69, 9.17) is 0 Å². The van der Waals surface area contributed by atoms with Gasteiger partial charge < -0.3 is 0 Å². The van der Waals surface area contributed by atoms with Crippen LogP contribution in [-0.2, 0) is 13.1 Å². The molecular formula is C9H14N3. The number of fused-ring (bicyclic) bond motifs is 1. The van der Waals surface area contributed by atoms with Gasteiger partial charge in [-0.2, -0.15) is 5.10 Å². The average Bonchev–Trinajstić information content (AvgIpc) is 2.37. The van der Waals surface area contributed by atoms with E-state index in [1.807, 2.05) is 0 Å². The highest BCUT2D eigenvalue weighted by molar-refractivity contribution is 5.20.